The van der Waals surface area contributed by atoms with Gasteiger partial charge in [-0.2, -0.15) is 0 Å². The molecule has 0 fully saturated rings. The molecular formula is C18H24FIN4O2. The Kier molecular flexibility index (Phi) is 9.71. The van der Waals surface area contributed by atoms with E-state index in [0.717, 1.165) is 5.69 Å². The highest BCUT2D eigenvalue weighted by molar-refractivity contribution is 14.0. The average Bonchev–Trinajstić information content (AvgIpc) is 2.64. The maximum Gasteiger partial charge on any atom is 0.213 e. The van der Waals surface area contributed by atoms with Crippen molar-refractivity contribution in [3.8, 4) is 11.6 Å². The number of hydrogen-bond acceptors (Lipinski definition) is 4. The Bertz CT molecular complexity index is 715. The zero-order chi connectivity index (χ0) is 18.1. The summed E-state index contributed by atoms with van der Waals surface area (Å²) in [5.41, 5.74) is 0.831. The Morgan fingerprint density at radius 2 is 1.96 bits per heavy atom. The summed E-state index contributed by atoms with van der Waals surface area (Å²) in [5, 5.41) is 6.30. The van der Waals surface area contributed by atoms with Gasteiger partial charge < -0.3 is 20.1 Å². The number of para-hydroxylation sites is 1. The minimum Gasteiger partial charge on any atom is -0.486 e. The van der Waals surface area contributed by atoms with E-state index in [1.807, 2.05) is 19.1 Å². The van der Waals surface area contributed by atoms with Gasteiger partial charge in [-0.1, -0.05) is 18.2 Å². The van der Waals surface area contributed by atoms with Crippen molar-refractivity contribution in [3.63, 3.8) is 0 Å². The third kappa shape index (κ3) is 7.03. The van der Waals surface area contributed by atoms with Crippen molar-refractivity contribution in [1.29, 1.82) is 0 Å². The zero-order valence-electron chi connectivity index (χ0n) is 15.0. The van der Waals surface area contributed by atoms with Gasteiger partial charge in [0.1, 0.15) is 6.10 Å². The minimum atomic E-state index is -0.374. The quantitative estimate of drug-likeness (QED) is 0.367. The lowest BCUT2D eigenvalue weighted by Crippen LogP contribution is -2.41. The molecule has 2 rings (SSSR count). The van der Waals surface area contributed by atoms with Crippen molar-refractivity contribution in [1.82, 2.24) is 15.6 Å². The third-order valence-corrected chi connectivity index (χ3v) is 3.37. The first-order valence-electron chi connectivity index (χ1n) is 7.98. The van der Waals surface area contributed by atoms with Crippen LogP contribution >= 0.6 is 24.0 Å². The zero-order valence-corrected chi connectivity index (χ0v) is 17.4. The summed E-state index contributed by atoms with van der Waals surface area (Å²) in [6.07, 6.45) is -0.231. The number of nitrogens with one attached hydrogen (secondary N) is 2. The van der Waals surface area contributed by atoms with E-state index in [-0.39, 0.29) is 41.6 Å². The van der Waals surface area contributed by atoms with Gasteiger partial charge in [-0.3, -0.25) is 4.99 Å². The first kappa shape index (κ1) is 21.9. The second-order valence-electron chi connectivity index (χ2n) is 5.34. The van der Waals surface area contributed by atoms with Crippen LogP contribution < -0.4 is 20.1 Å². The van der Waals surface area contributed by atoms with Crippen LogP contribution in [0.3, 0.4) is 0 Å². The fourth-order valence-corrected chi connectivity index (χ4v) is 2.10. The highest BCUT2D eigenvalue weighted by Gasteiger charge is 2.09. The summed E-state index contributed by atoms with van der Waals surface area (Å²) >= 11 is 0. The molecule has 26 heavy (non-hydrogen) atoms. The molecule has 0 aliphatic heterocycles. The van der Waals surface area contributed by atoms with Crippen LogP contribution in [-0.2, 0) is 6.54 Å². The second kappa shape index (κ2) is 11.5. The summed E-state index contributed by atoms with van der Waals surface area (Å²) in [7, 11) is 3.26. The topological polar surface area (TPSA) is 67.8 Å². The molecule has 142 valence electrons. The molecule has 1 heterocycles. The van der Waals surface area contributed by atoms with Crippen LogP contribution in [0.25, 0.3) is 0 Å². The van der Waals surface area contributed by atoms with E-state index in [9.17, 15) is 4.39 Å². The van der Waals surface area contributed by atoms with Crippen LogP contribution in [0.15, 0.2) is 47.5 Å². The van der Waals surface area contributed by atoms with Gasteiger partial charge >= 0.3 is 0 Å². The van der Waals surface area contributed by atoms with Gasteiger partial charge in [0, 0.05) is 13.1 Å². The van der Waals surface area contributed by atoms with E-state index < -0.39 is 0 Å². The van der Waals surface area contributed by atoms with Gasteiger partial charge in [-0.25, -0.2) is 9.37 Å². The fraction of sp³-hybridized carbons (Fsp3) is 0.333. The molecule has 0 spiro atoms. The number of methoxy groups -OCH3 is 1. The molecule has 0 radical (unpaired) electrons. The summed E-state index contributed by atoms with van der Waals surface area (Å²) in [4.78, 5) is 8.47. The number of aliphatic imine (C=N–C) groups is 1. The SMILES string of the molecule is CN=C(NCc1cccc(OC)n1)NCC(C)Oc1ccccc1F.I. The first-order chi connectivity index (χ1) is 12.1. The molecule has 0 saturated carbocycles. The Balaban J connectivity index is 0.00000338. The number of guanidine groups is 1. The fourth-order valence-electron chi connectivity index (χ4n) is 2.10. The lowest BCUT2D eigenvalue weighted by atomic mass is 10.3. The molecule has 2 aromatic rings. The van der Waals surface area contributed by atoms with Crippen molar-refractivity contribution >= 4 is 29.9 Å². The average molecular weight is 474 g/mol. The second-order valence-corrected chi connectivity index (χ2v) is 5.34. The molecule has 2 N–H and O–H groups in total. The number of halogens is 2. The lowest BCUT2D eigenvalue weighted by Gasteiger charge is -2.18. The molecule has 0 saturated heterocycles. The molecule has 0 aliphatic carbocycles. The van der Waals surface area contributed by atoms with Crippen LogP contribution in [0.2, 0.25) is 0 Å². The van der Waals surface area contributed by atoms with Crippen LogP contribution in [-0.4, -0.2) is 37.7 Å². The van der Waals surface area contributed by atoms with Gasteiger partial charge in [-0.05, 0) is 25.1 Å². The van der Waals surface area contributed by atoms with Crippen LogP contribution in [0.5, 0.6) is 11.6 Å². The Morgan fingerprint density at radius 3 is 2.65 bits per heavy atom. The number of aromatic nitrogens is 1. The largest absolute Gasteiger partial charge is 0.486 e. The van der Waals surface area contributed by atoms with E-state index >= 15 is 0 Å². The molecular weight excluding hydrogens is 450 g/mol. The Labute approximate surface area is 170 Å². The highest BCUT2D eigenvalue weighted by Crippen LogP contribution is 2.16. The van der Waals surface area contributed by atoms with Gasteiger partial charge in [0.05, 0.1) is 25.9 Å². The number of pyridine rings is 1. The molecule has 0 bridgehead atoms. The predicted molar refractivity (Wildman–Crippen MR) is 111 cm³/mol. The van der Waals surface area contributed by atoms with E-state index in [1.54, 1.807) is 38.4 Å². The Morgan fingerprint density at radius 1 is 1.19 bits per heavy atom. The summed E-state index contributed by atoms with van der Waals surface area (Å²) in [5.74, 6) is 1.03. The van der Waals surface area contributed by atoms with Crippen molar-refractivity contribution in [3.05, 3.63) is 54.0 Å². The van der Waals surface area contributed by atoms with Gasteiger partial charge in [0.15, 0.2) is 17.5 Å². The smallest absolute Gasteiger partial charge is 0.213 e. The van der Waals surface area contributed by atoms with Crippen LogP contribution in [0.4, 0.5) is 4.39 Å². The van der Waals surface area contributed by atoms with E-state index in [4.69, 9.17) is 9.47 Å². The summed E-state index contributed by atoms with van der Waals surface area (Å²) < 4.78 is 24.3. The maximum atomic E-state index is 13.6. The number of nitrogens with zero attached hydrogens (tertiary/aromatic N) is 2. The normalized spacial score (nSPS) is 11.9. The predicted octanol–water partition coefficient (Wildman–Crippen LogP) is 2.98. The van der Waals surface area contributed by atoms with Crippen molar-refractivity contribution in [2.45, 2.75) is 19.6 Å². The monoisotopic (exact) mass is 474 g/mol. The number of rotatable bonds is 7. The Hall–Kier alpha value is -2.10. The first-order valence-corrected chi connectivity index (χ1v) is 7.98. The lowest BCUT2D eigenvalue weighted by molar-refractivity contribution is 0.214. The van der Waals surface area contributed by atoms with Gasteiger partial charge in [-0.15, -0.1) is 24.0 Å². The molecule has 0 aliphatic rings. The molecule has 1 aromatic heterocycles. The van der Waals surface area contributed by atoms with Gasteiger partial charge in [0.25, 0.3) is 0 Å². The maximum absolute atomic E-state index is 13.6. The minimum absolute atomic E-state index is 0. The number of benzene rings is 1. The van der Waals surface area contributed by atoms with Crippen LogP contribution in [0, 0.1) is 5.82 Å². The molecule has 1 unspecified atom stereocenters. The molecule has 0 amide bonds. The molecule has 8 heteroatoms. The third-order valence-electron chi connectivity index (χ3n) is 3.37. The highest BCUT2D eigenvalue weighted by atomic mass is 127. The van der Waals surface area contributed by atoms with E-state index in [2.05, 4.69) is 20.6 Å². The van der Waals surface area contributed by atoms with Crippen molar-refractivity contribution in [2.75, 3.05) is 20.7 Å². The van der Waals surface area contributed by atoms with Crippen molar-refractivity contribution in [2.24, 2.45) is 4.99 Å². The summed E-state index contributed by atoms with van der Waals surface area (Å²) in [6, 6.07) is 11.9. The summed E-state index contributed by atoms with van der Waals surface area (Å²) in [6.45, 7) is 2.83. The van der Waals surface area contributed by atoms with Crippen LogP contribution in [0.1, 0.15) is 12.6 Å². The molecule has 6 nitrogen and oxygen atoms in total. The number of hydrogen-bond donors (Lipinski definition) is 2. The van der Waals surface area contributed by atoms with Gasteiger partial charge in [0.2, 0.25) is 5.88 Å². The molecule has 1 atom stereocenters. The van der Waals surface area contributed by atoms with Crippen molar-refractivity contribution < 1.29 is 13.9 Å². The van der Waals surface area contributed by atoms with E-state index in [1.165, 1.54) is 6.07 Å². The standard InChI is InChI=1S/C18H23FN4O2.HI/c1-13(25-16-9-5-4-8-15(16)19)11-21-18(20-2)22-12-14-7-6-10-17(23-14)24-3;/h4-10,13H,11-12H2,1-3H3,(H2,20,21,22);1H. The number of ether oxygens (including phenoxy) is 2. The molecule has 1 aromatic carbocycles. The van der Waals surface area contributed by atoms with E-state index in [0.29, 0.717) is 24.9 Å².